The summed E-state index contributed by atoms with van der Waals surface area (Å²) < 4.78 is 0. The Morgan fingerprint density at radius 1 is 1.21 bits per heavy atom. The van der Waals surface area contributed by atoms with Gasteiger partial charge in [0.2, 0.25) is 0 Å². The van der Waals surface area contributed by atoms with Crippen molar-refractivity contribution in [3.8, 4) is 0 Å². The van der Waals surface area contributed by atoms with Crippen molar-refractivity contribution in [2.45, 2.75) is 39.8 Å². The molecule has 2 N–H and O–H groups in total. The highest BCUT2D eigenvalue weighted by Crippen LogP contribution is 2.25. The van der Waals surface area contributed by atoms with Gasteiger partial charge in [0.1, 0.15) is 17.5 Å². The normalized spacial score (nSPS) is 15.3. The zero-order valence-electron chi connectivity index (χ0n) is 14.7. The topological polar surface area (TPSA) is 61.3 Å². The summed E-state index contributed by atoms with van der Waals surface area (Å²) in [6, 6.07) is 10.6. The summed E-state index contributed by atoms with van der Waals surface area (Å²) in [5.41, 5.74) is 2.79. The molecule has 1 aromatic heterocycles. The molecule has 0 saturated heterocycles. The number of nitrogens with zero attached hydrogens (tertiary/aromatic N) is 3. The number of hydrogen-bond donors (Lipinski definition) is 2. The van der Waals surface area contributed by atoms with E-state index in [-0.39, 0.29) is 12.6 Å². The lowest BCUT2D eigenvalue weighted by molar-refractivity contribution is 0.249. The average Bonchev–Trinajstić information content (AvgIpc) is 2.58. The minimum absolute atomic E-state index is 0.00534. The molecule has 0 bridgehead atoms. The monoisotopic (exact) mass is 326 g/mol. The summed E-state index contributed by atoms with van der Waals surface area (Å²) in [7, 11) is 0. The van der Waals surface area contributed by atoms with Crippen LogP contribution < -0.4 is 10.2 Å². The third-order valence-electron chi connectivity index (χ3n) is 4.61. The van der Waals surface area contributed by atoms with E-state index in [4.69, 9.17) is 0 Å². The molecule has 0 aliphatic carbocycles. The number of aryl methyl sites for hydroxylation is 1. The number of fused-ring (bicyclic) bond motifs is 1. The summed E-state index contributed by atoms with van der Waals surface area (Å²) in [4.78, 5) is 11.4. The van der Waals surface area contributed by atoms with Crippen LogP contribution in [0.15, 0.2) is 30.3 Å². The van der Waals surface area contributed by atoms with E-state index < -0.39 is 0 Å². The molecule has 3 rings (SSSR count). The minimum atomic E-state index is -0.00534. The number of nitrogens with one attached hydrogen (secondary N) is 1. The van der Waals surface area contributed by atoms with Crippen LogP contribution in [0.5, 0.6) is 0 Å². The maximum absolute atomic E-state index is 9.54. The highest BCUT2D eigenvalue weighted by atomic mass is 16.3. The molecule has 1 aliphatic heterocycles. The Balaban J connectivity index is 1.82. The summed E-state index contributed by atoms with van der Waals surface area (Å²) in [5.74, 6) is 2.80. The van der Waals surface area contributed by atoms with Gasteiger partial charge >= 0.3 is 0 Å². The first-order valence-electron chi connectivity index (χ1n) is 8.61. The van der Waals surface area contributed by atoms with Crippen molar-refractivity contribution < 1.29 is 5.11 Å². The van der Waals surface area contributed by atoms with E-state index in [1.165, 1.54) is 11.1 Å². The maximum Gasteiger partial charge on any atom is 0.134 e. The Morgan fingerprint density at radius 3 is 2.67 bits per heavy atom. The van der Waals surface area contributed by atoms with Crippen LogP contribution in [-0.2, 0) is 13.0 Å². The van der Waals surface area contributed by atoms with E-state index in [1.54, 1.807) is 0 Å². The summed E-state index contributed by atoms with van der Waals surface area (Å²) >= 11 is 0. The van der Waals surface area contributed by atoms with E-state index in [1.807, 2.05) is 13.0 Å². The number of aliphatic hydroxyl groups excluding tert-OH is 1. The van der Waals surface area contributed by atoms with Gasteiger partial charge in [-0.05, 0) is 30.4 Å². The standard InChI is InChI=1S/C19H26N4O/c1-13(2)17(12-24)22-18-10-19(21-14(3)20-18)23-9-8-15-6-4-5-7-16(15)11-23/h4-7,10,13,17,24H,8-9,11-12H2,1-3H3,(H,20,21,22)/t17-/m0/s1. The Bertz CT molecular complexity index is 702. The Labute approximate surface area is 143 Å². The second-order valence-electron chi connectivity index (χ2n) is 6.78. The van der Waals surface area contributed by atoms with Crippen molar-refractivity contribution >= 4 is 11.6 Å². The lowest BCUT2D eigenvalue weighted by Crippen LogP contribution is -2.32. The highest BCUT2D eigenvalue weighted by Gasteiger charge is 2.19. The molecule has 0 amide bonds. The number of aliphatic hydroxyl groups is 1. The number of aromatic nitrogens is 2. The van der Waals surface area contributed by atoms with Crippen molar-refractivity contribution in [3.05, 3.63) is 47.3 Å². The van der Waals surface area contributed by atoms with Crippen molar-refractivity contribution in [2.24, 2.45) is 5.92 Å². The van der Waals surface area contributed by atoms with Gasteiger partial charge in [0, 0.05) is 19.2 Å². The lowest BCUT2D eigenvalue weighted by atomic mass is 10.00. The second kappa shape index (κ2) is 7.18. The van der Waals surface area contributed by atoms with Gasteiger partial charge in [0.15, 0.2) is 0 Å². The van der Waals surface area contributed by atoms with Crippen LogP contribution in [0.1, 0.15) is 30.8 Å². The van der Waals surface area contributed by atoms with Crippen LogP contribution in [-0.4, -0.2) is 34.3 Å². The van der Waals surface area contributed by atoms with Crippen LogP contribution in [0, 0.1) is 12.8 Å². The first-order chi connectivity index (χ1) is 11.6. The number of benzene rings is 1. The van der Waals surface area contributed by atoms with Gasteiger partial charge in [-0.15, -0.1) is 0 Å². The molecule has 2 aromatic rings. The quantitative estimate of drug-likeness (QED) is 0.885. The van der Waals surface area contributed by atoms with Gasteiger partial charge in [-0.2, -0.15) is 0 Å². The van der Waals surface area contributed by atoms with E-state index >= 15 is 0 Å². The van der Waals surface area contributed by atoms with Crippen LogP contribution in [0.2, 0.25) is 0 Å². The van der Waals surface area contributed by atoms with Gasteiger partial charge in [-0.1, -0.05) is 38.1 Å². The lowest BCUT2D eigenvalue weighted by Gasteiger charge is -2.30. The van der Waals surface area contributed by atoms with E-state index in [2.05, 4.69) is 58.3 Å². The smallest absolute Gasteiger partial charge is 0.134 e. The molecule has 5 heteroatoms. The Morgan fingerprint density at radius 2 is 1.96 bits per heavy atom. The predicted molar refractivity (Wildman–Crippen MR) is 97.3 cm³/mol. The van der Waals surface area contributed by atoms with Crippen molar-refractivity contribution in [3.63, 3.8) is 0 Å². The molecule has 1 aromatic carbocycles. The molecule has 1 atom stereocenters. The van der Waals surface area contributed by atoms with Gasteiger partial charge < -0.3 is 15.3 Å². The Kier molecular flexibility index (Phi) is 5.00. The molecule has 2 heterocycles. The molecule has 0 fully saturated rings. The summed E-state index contributed by atoms with van der Waals surface area (Å²) in [5, 5.41) is 12.9. The fraction of sp³-hybridized carbons (Fsp3) is 0.474. The van der Waals surface area contributed by atoms with Gasteiger partial charge in [0.05, 0.1) is 12.6 Å². The maximum atomic E-state index is 9.54. The summed E-state index contributed by atoms with van der Waals surface area (Å²) in [6.45, 7) is 8.01. The molecular formula is C19H26N4O. The largest absolute Gasteiger partial charge is 0.394 e. The molecule has 0 spiro atoms. The Hall–Kier alpha value is -2.14. The third-order valence-corrected chi connectivity index (χ3v) is 4.61. The zero-order chi connectivity index (χ0) is 17.1. The summed E-state index contributed by atoms with van der Waals surface area (Å²) in [6.07, 6.45) is 1.03. The van der Waals surface area contributed by atoms with Crippen LogP contribution in [0.25, 0.3) is 0 Å². The predicted octanol–water partition coefficient (Wildman–Crippen LogP) is 2.78. The van der Waals surface area contributed by atoms with Crippen molar-refractivity contribution in [1.29, 1.82) is 0 Å². The molecule has 5 nitrogen and oxygen atoms in total. The van der Waals surface area contributed by atoms with Crippen LogP contribution >= 0.6 is 0 Å². The average molecular weight is 326 g/mol. The number of rotatable bonds is 5. The molecule has 24 heavy (non-hydrogen) atoms. The zero-order valence-corrected chi connectivity index (χ0v) is 14.7. The number of anilines is 2. The van der Waals surface area contributed by atoms with E-state index in [0.29, 0.717) is 5.92 Å². The first kappa shape index (κ1) is 16.7. The second-order valence-corrected chi connectivity index (χ2v) is 6.78. The molecule has 0 radical (unpaired) electrons. The molecular weight excluding hydrogens is 300 g/mol. The van der Waals surface area contributed by atoms with Gasteiger partial charge in [-0.3, -0.25) is 0 Å². The third kappa shape index (κ3) is 3.67. The van der Waals surface area contributed by atoms with Crippen LogP contribution in [0.4, 0.5) is 11.6 Å². The van der Waals surface area contributed by atoms with E-state index in [0.717, 1.165) is 37.0 Å². The molecule has 1 aliphatic rings. The van der Waals surface area contributed by atoms with E-state index in [9.17, 15) is 5.11 Å². The first-order valence-corrected chi connectivity index (χ1v) is 8.61. The van der Waals surface area contributed by atoms with Gasteiger partial charge in [-0.25, -0.2) is 9.97 Å². The highest BCUT2D eigenvalue weighted by molar-refractivity contribution is 5.52. The molecule has 0 unspecified atom stereocenters. The minimum Gasteiger partial charge on any atom is -0.394 e. The molecule has 0 saturated carbocycles. The van der Waals surface area contributed by atoms with Crippen molar-refractivity contribution in [2.75, 3.05) is 23.4 Å². The number of hydrogen-bond acceptors (Lipinski definition) is 5. The fourth-order valence-corrected chi connectivity index (χ4v) is 3.09. The molecule has 128 valence electrons. The SMILES string of the molecule is Cc1nc(N[C@@H](CO)C(C)C)cc(N2CCc3ccccc3C2)n1. The van der Waals surface area contributed by atoms with Crippen LogP contribution in [0.3, 0.4) is 0 Å². The van der Waals surface area contributed by atoms with Crippen molar-refractivity contribution in [1.82, 2.24) is 9.97 Å². The van der Waals surface area contributed by atoms with Gasteiger partial charge in [0.25, 0.3) is 0 Å². The fourth-order valence-electron chi connectivity index (χ4n) is 3.09.